The smallest absolute Gasteiger partial charge is 0.323 e. The Labute approximate surface area is 213 Å². The number of rotatable bonds is 5. The molecule has 2 aromatic carbocycles. The molecular weight excluding hydrogens is 540 g/mol. The van der Waals surface area contributed by atoms with E-state index in [9.17, 15) is 35.5 Å². The number of nitrogens with zero attached hydrogens (tertiary/aromatic N) is 4. The van der Waals surface area contributed by atoms with Gasteiger partial charge in [-0.3, -0.25) is 9.78 Å². The summed E-state index contributed by atoms with van der Waals surface area (Å²) in [6.45, 7) is 0. The monoisotopic (exact) mass is 554 g/mol. The number of pyridine rings is 1. The van der Waals surface area contributed by atoms with Gasteiger partial charge in [-0.15, -0.1) is 5.10 Å². The first-order chi connectivity index (χ1) is 18.3. The third kappa shape index (κ3) is 4.79. The maximum Gasteiger partial charge on any atom is 0.433 e. The van der Waals surface area contributed by atoms with E-state index in [1.807, 2.05) is 0 Å². The van der Waals surface area contributed by atoms with Crippen molar-refractivity contribution in [2.75, 3.05) is 5.32 Å². The number of hydrogen-bond donors (Lipinski definition) is 2. The van der Waals surface area contributed by atoms with Gasteiger partial charge in [-0.25, -0.2) is 13.9 Å². The lowest BCUT2D eigenvalue weighted by atomic mass is 9.92. The van der Waals surface area contributed by atoms with Crippen LogP contribution in [0.15, 0.2) is 48.7 Å². The SMILES string of the molecule is O=C(Nc1ccc(-c2ccc(C(F)(F)F)nc2)c(-c2nnn[nH]2)c1F)C1(c2ccc(C(F)(F)F)cc2F)CC1. The van der Waals surface area contributed by atoms with E-state index in [0.717, 1.165) is 24.4 Å². The fraction of sp³-hybridized carbons (Fsp3) is 0.208. The normalized spacial score (nSPS) is 14.8. The van der Waals surface area contributed by atoms with Gasteiger partial charge in [0.1, 0.15) is 11.5 Å². The Balaban J connectivity index is 1.50. The van der Waals surface area contributed by atoms with Gasteiger partial charge in [0, 0.05) is 17.3 Å². The highest BCUT2D eigenvalue weighted by Crippen LogP contribution is 2.51. The molecule has 1 amide bonds. The predicted molar refractivity (Wildman–Crippen MR) is 119 cm³/mol. The van der Waals surface area contributed by atoms with Crippen molar-refractivity contribution in [2.45, 2.75) is 30.6 Å². The Hall–Kier alpha value is -4.43. The van der Waals surface area contributed by atoms with Gasteiger partial charge in [0.15, 0.2) is 11.6 Å². The second-order valence-electron chi connectivity index (χ2n) is 8.76. The number of halogens is 8. The molecule has 5 rings (SSSR count). The summed E-state index contributed by atoms with van der Waals surface area (Å²) in [4.78, 5) is 16.5. The van der Waals surface area contributed by atoms with Crippen molar-refractivity contribution in [3.05, 3.63) is 77.1 Å². The van der Waals surface area contributed by atoms with Crippen LogP contribution in [0.5, 0.6) is 0 Å². The zero-order valence-corrected chi connectivity index (χ0v) is 19.3. The van der Waals surface area contributed by atoms with Gasteiger partial charge in [-0.05, 0) is 53.1 Å². The third-order valence-electron chi connectivity index (χ3n) is 6.33. The molecule has 202 valence electrons. The van der Waals surface area contributed by atoms with Gasteiger partial charge in [0.05, 0.1) is 22.2 Å². The van der Waals surface area contributed by atoms with Gasteiger partial charge >= 0.3 is 12.4 Å². The largest absolute Gasteiger partial charge is 0.433 e. The lowest BCUT2D eigenvalue weighted by molar-refractivity contribution is -0.141. The molecule has 4 aromatic rings. The van der Waals surface area contributed by atoms with E-state index in [4.69, 9.17) is 0 Å². The molecule has 1 fully saturated rings. The van der Waals surface area contributed by atoms with E-state index in [1.165, 1.54) is 6.07 Å². The van der Waals surface area contributed by atoms with Crippen LogP contribution in [0.4, 0.5) is 40.8 Å². The van der Waals surface area contributed by atoms with E-state index in [0.29, 0.717) is 18.2 Å². The molecule has 0 unspecified atom stereocenters. The average Bonchev–Trinajstić information content (AvgIpc) is 3.50. The highest BCUT2D eigenvalue weighted by molar-refractivity contribution is 6.02. The zero-order chi connectivity index (χ0) is 28.2. The van der Waals surface area contributed by atoms with Crippen molar-refractivity contribution in [3.8, 4) is 22.5 Å². The van der Waals surface area contributed by atoms with E-state index in [2.05, 4.69) is 30.9 Å². The maximum absolute atomic E-state index is 15.8. The molecule has 39 heavy (non-hydrogen) atoms. The number of carbonyl (C=O) groups excluding carboxylic acids is 1. The topological polar surface area (TPSA) is 96.5 Å². The van der Waals surface area contributed by atoms with E-state index in [-0.39, 0.29) is 40.9 Å². The van der Waals surface area contributed by atoms with Gasteiger partial charge in [-0.2, -0.15) is 26.3 Å². The molecule has 2 heterocycles. The Kier molecular flexibility index (Phi) is 6.11. The standard InChI is InChI=1S/C24H14F8N6O/c25-15-9-12(23(27,28)29)2-4-14(15)22(7-8-22)21(39)34-16-5-3-13(18(19(16)26)20-35-37-38-36-20)11-1-6-17(33-10-11)24(30,31)32/h1-6,9-10H,7-8H2,(H,34,39)(H,35,36,37,38). The van der Waals surface area contributed by atoms with Crippen molar-refractivity contribution in [2.24, 2.45) is 0 Å². The minimum Gasteiger partial charge on any atom is -0.323 e. The summed E-state index contributed by atoms with van der Waals surface area (Å²) < 4.78 is 108. The Morgan fingerprint density at radius 1 is 0.949 bits per heavy atom. The van der Waals surface area contributed by atoms with Gasteiger partial charge < -0.3 is 5.32 Å². The average molecular weight is 554 g/mol. The lowest BCUT2D eigenvalue weighted by Crippen LogP contribution is -2.29. The number of hydrogen-bond acceptors (Lipinski definition) is 5. The van der Waals surface area contributed by atoms with E-state index >= 15 is 4.39 Å². The summed E-state index contributed by atoms with van der Waals surface area (Å²) in [7, 11) is 0. The fourth-order valence-electron chi connectivity index (χ4n) is 4.20. The number of aromatic amines is 1. The second-order valence-corrected chi connectivity index (χ2v) is 8.76. The van der Waals surface area contributed by atoms with E-state index < -0.39 is 52.3 Å². The Morgan fingerprint density at radius 3 is 2.23 bits per heavy atom. The van der Waals surface area contributed by atoms with Crippen molar-refractivity contribution < 1.29 is 39.9 Å². The summed E-state index contributed by atoms with van der Waals surface area (Å²) in [5, 5.41) is 15.1. The molecule has 0 radical (unpaired) electrons. The van der Waals surface area contributed by atoms with Gasteiger partial charge in [-0.1, -0.05) is 18.2 Å². The molecule has 2 aromatic heterocycles. The number of anilines is 1. The molecule has 1 saturated carbocycles. The van der Waals surface area contributed by atoms with Crippen LogP contribution in [0.25, 0.3) is 22.5 Å². The summed E-state index contributed by atoms with van der Waals surface area (Å²) in [5.74, 6) is -3.36. The third-order valence-corrected chi connectivity index (χ3v) is 6.33. The second kappa shape index (κ2) is 9.10. The first-order valence-corrected chi connectivity index (χ1v) is 11.1. The Morgan fingerprint density at radius 2 is 1.69 bits per heavy atom. The number of alkyl halides is 6. The fourth-order valence-corrected chi connectivity index (χ4v) is 4.20. The highest BCUT2D eigenvalue weighted by atomic mass is 19.4. The van der Waals surface area contributed by atoms with Crippen LogP contribution in [0.3, 0.4) is 0 Å². The van der Waals surface area contributed by atoms with Crippen molar-refractivity contribution in [1.29, 1.82) is 0 Å². The highest BCUT2D eigenvalue weighted by Gasteiger charge is 2.53. The van der Waals surface area contributed by atoms with Crippen LogP contribution in [-0.2, 0) is 22.6 Å². The van der Waals surface area contributed by atoms with Crippen LogP contribution >= 0.6 is 0 Å². The van der Waals surface area contributed by atoms with Crippen LogP contribution in [0.1, 0.15) is 29.7 Å². The quantitative estimate of drug-likeness (QED) is 0.299. The molecule has 2 N–H and O–H groups in total. The summed E-state index contributed by atoms with van der Waals surface area (Å²) >= 11 is 0. The molecule has 15 heteroatoms. The Bertz CT molecular complexity index is 1540. The molecule has 0 atom stereocenters. The van der Waals surface area contributed by atoms with Crippen molar-refractivity contribution >= 4 is 11.6 Å². The molecule has 7 nitrogen and oxygen atoms in total. The molecule has 1 aliphatic rings. The van der Waals surface area contributed by atoms with Crippen LogP contribution in [0, 0.1) is 11.6 Å². The summed E-state index contributed by atoms with van der Waals surface area (Å²) in [6.07, 6.45) is -8.37. The van der Waals surface area contributed by atoms with E-state index in [1.54, 1.807) is 0 Å². The number of amides is 1. The number of benzene rings is 2. The summed E-state index contributed by atoms with van der Waals surface area (Å²) in [6, 6.07) is 6.04. The molecule has 0 saturated heterocycles. The molecule has 1 aliphatic carbocycles. The van der Waals surface area contributed by atoms with Gasteiger partial charge in [0.25, 0.3) is 0 Å². The lowest BCUT2D eigenvalue weighted by Gasteiger charge is -2.19. The van der Waals surface area contributed by atoms with Crippen LogP contribution in [-0.4, -0.2) is 31.5 Å². The molecule has 0 aliphatic heterocycles. The van der Waals surface area contributed by atoms with Crippen molar-refractivity contribution in [3.63, 3.8) is 0 Å². The van der Waals surface area contributed by atoms with Gasteiger partial charge in [0.2, 0.25) is 5.91 Å². The summed E-state index contributed by atoms with van der Waals surface area (Å²) in [5.41, 5.74) is -4.73. The first-order valence-electron chi connectivity index (χ1n) is 11.1. The minimum atomic E-state index is -4.78. The number of aromatic nitrogens is 5. The van der Waals surface area contributed by atoms with Crippen molar-refractivity contribution in [1.82, 2.24) is 25.6 Å². The zero-order valence-electron chi connectivity index (χ0n) is 19.3. The van der Waals surface area contributed by atoms with Crippen LogP contribution < -0.4 is 5.32 Å². The number of carbonyl (C=O) groups is 1. The predicted octanol–water partition coefficient (Wildman–Crippen LogP) is 5.91. The number of nitrogens with one attached hydrogen (secondary N) is 2. The first kappa shape index (κ1) is 26.2. The maximum atomic E-state index is 15.8. The minimum absolute atomic E-state index is 0.0418. The number of H-pyrrole nitrogens is 1. The number of tetrazole rings is 1. The molecule has 0 bridgehead atoms. The molecular formula is C24H14F8N6O. The molecule has 0 spiro atoms. The van der Waals surface area contributed by atoms with Crippen LogP contribution in [0.2, 0.25) is 0 Å².